The number of carbonyl (C=O) groups is 1. The average molecular weight is 244 g/mol. The molecule has 0 unspecified atom stereocenters. The van der Waals surface area contributed by atoms with Crippen molar-refractivity contribution in [2.75, 3.05) is 6.61 Å². The Kier molecular flexibility index (Phi) is 5.01. The minimum Gasteiger partial charge on any atom is -0.430 e. The van der Waals surface area contributed by atoms with Gasteiger partial charge in [0.2, 0.25) is 0 Å². The molecule has 94 valence electrons. The van der Waals surface area contributed by atoms with Gasteiger partial charge in [-0.2, -0.15) is 0 Å². The summed E-state index contributed by atoms with van der Waals surface area (Å²) >= 11 is 0. The van der Waals surface area contributed by atoms with Crippen molar-refractivity contribution in [1.82, 2.24) is 0 Å². The van der Waals surface area contributed by atoms with Gasteiger partial charge < -0.3 is 9.47 Å². The molecule has 0 saturated carbocycles. The lowest BCUT2D eigenvalue weighted by atomic mass is 10.1. The van der Waals surface area contributed by atoms with E-state index in [4.69, 9.17) is 9.47 Å². The first kappa shape index (κ1) is 13.9. The molecule has 0 fully saturated rings. The highest BCUT2D eigenvalue weighted by Gasteiger charge is 2.20. The van der Waals surface area contributed by atoms with Gasteiger partial charge in [-0.15, -0.1) is 0 Å². The molecule has 0 aliphatic heterocycles. The molecule has 0 amide bonds. The number of hydrogen-bond acceptors (Lipinski definition) is 3. The molecule has 0 radical (unpaired) electrons. The lowest BCUT2D eigenvalue weighted by molar-refractivity contribution is 0.0154. The Balaban J connectivity index is 2.62. The van der Waals surface area contributed by atoms with Crippen LogP contribution in [-0.2, 0) is 9.47 Å². The number of benzene rings is 1. The van der Waals surface area contributed by atoms with Gasteiger partial charge in [-0.1, -0.05) is 42.7 Å². The quantitative estimate of drug-likeness (QED) is 0.465. The number of ether oxygens (including phenoxy) is 2. The maximum absolute atomic E-state index is 11.3. The second-order valence-corrected chi connectivity index (χ2v) is 4.08. The van der Waals surface area contributed by atoms with Gasteiger partial charge in [-0.3, -0.25) is 0 Å². The number of rotatable bonds is 3. The minimum atomic E-state index is -0.895. The topological polar surface area (TPSA) is 35.5 Å². The molecule has 1 aromatic carbocycles. The molecule has 3 nitrogen and oxygen atoms in total. The first-order chi connectivity index (χ1) is 8.53. The Morgan fingerprint density at radius 3 is 2.67 bits per heavy atom. The van der Waals surface area contributed by atoms with Gasteiger partial charge in [0.15, 0.2) is 5.60 Å². The zero-order chi connectivity index (χ0) is 13.4. The molecular formula is C15H16O3. The summed E-state index contributed by atoms with van der Waals surface area (Å²) in [5.41, 5.74) is -0.0256. The van der Waals surface area contributed by atoms with Gasteiger partial charge in [-0.25, -0.2) is 4.79 Å². The zero-order valence-corrected chi connectivity index (χ0v) is 10.6. The summed E-state index contributed by atoms with van der Waals surface area (Å²) in [6.07, 6.45) is 0.728. The van der Waals surface area contributed by atoms with Gasteiger partial charge in [0.05, 0.1) is 0 Å². The molecule has 0 N–H and O–H groups in total. The Morgan fingerprint density at radius 2 is 2.06 bits per heavy atom. The predicted molar refractivity (Wildman–Crippen MR) is 70.0 cm³/mol. The number of hydrogen-bond donors (Lipinski definition) is 0. The van der Waals surface area contributed by atoms with E-state index in [2.05, 4.69) is 18.4 Å². The second-order valence-electron chi connectivity index (χ2n) is 4.08. The molecule has 1 rings (SSSR count). The summed E-state index contributed by atoms with van der Waals surface area (Å²) in [7, 11) is 0. The maximum Gasteiger partial charge on any atom is 0.510 e. The van der Waals surface area contributed by atoms with Gasteiger partial charge in [0.1, 0.15) is 6.61 Å². The third kappa shape index (κ3) is 5.22. The molecule has 3 heteroatoms. The molecular weight excluding hydrogens is 228 g/mol. The van der Waals surface area contributed by atoms with E-state index >= 15 is 0 Å². The van der Waals surface area contributed by atoms with Crippen LogP contribution in [0.15, 0.2) is 43.0 Å². The highest BCUT2D eigenvalue weighted by atomic mass is 16.7. The zero-order valence-electron chi connectivity index (χ0n) is 10.6. The summed E-state index contributed by atoms with van der Waals surface area (Å²) in [6, 6.07) is 9.49. The van der Waals surface area contributed by atoms with Crippen LogP contribution in [0, 0.1) is 11.8 Å². The van der Waals surface area contributed by atoms with E-state index in [0.717, 1.165) is 5.56 Å². The normalized spacial score (nSPS) is 9.89. The molecule has 0 atom stereocenters. The van der Waals surface area contributed by atoms with E-state index in [1.54, 1.807) is 13.8 Å². The molecule has 0 aromatic heterocycles. The summed E-state index contributed by atoms with van der Waals surface area (Å²) in [4.78, 5) is 11.3. The largest absolute Gasteiger partial charge is 0.510 e. The van der Waals surface area contributed by atoms with Crippen molar-refractivity contribution in [2.45, 2.75) is 19.4 Å². The molecule has 0 spiro atoms. The summed E-state index contributed by atoms with van der Waals surface area (Å²) in [5, 5.41) is 0. The van der Waals surface area contributed by atoms with E-state index in [1.807, 2.05) is 30.3 Å². The highest BCUT2D eigenvalue weighted by molar-refractivity contribution is 5.61. The first-order valence-corrected chi connectivity index (χ1v) is 5.58. The fourth-order valence-electron chi connectivity index (χ4n) is 1.13. The molecule has 0 aliphatic carbocycles. The molecule has 1 aromatic rings. The van der Waals surface area contributed by atoms with E-state index in [0.29, 0.717) is 0 Å². The molecule has 0 bridgehead atoms. The van der Waals surface area contributed by atoms with Crippen LogP contribution in [0.2, 0.25) is 0 Å². The third-order valence-corrected chi connectivity index (χ3v) is 1.94. The van der Waals surface area contributed by atoms with E-state index in [1.165, 1.54) is 6.08 Å². The van der Waals surface area contributed by atoms with Crippen molar-refractivity contribution in [1.29, 1.82) is 0 Å². The van der Waals surface area contributed by atoms with Crippen LogP contribution in [0.4, 0.5) is 4.79 Å². The fraction of sp³-hybridized carbons (Fsp3) is 0.267. The van der Waals surface area contributed by atoms with Gasteiger partial charge in [-0.05, 0) is 26.0 Å². The van der Waals surface area contributed by atoms with Crippen molar-refractivity contribution in [3.8, 4) is 11.8 Å². The van der Waals surface area contributed by atoms with Crippen molar-refractivity contribution in [3.63, 3.8) is 0 Å². The van der Waals surface area contributed by atoms with Crippen LogP contribution in [0.25, 0.3) is 0 Å². The van der Waals surface area contributed by atoms with Crippen LogP contribution >= 0.6 is 0 Å². The van der Waals surface area contributed by atoms with Crippen molar-refractivity contribution in [2.24, 2.45) is 0 Å². The van der Waals surface area contributed by atoms with Crippen LogP contribution in [0.3, 0.4) is 0 Å². The lowest BCUT2D eigenvalue weighted by Gasteiger charge is -2.17. The molecule has 0 saturated heterocycles. The van der Waals surface area contributed by atoms with Gasteiger partial charge in [0.25, 0.3) is 0 Å². The molecule has 0 aliphatic rings. The van der Waals surface area contributed by atoms with E-state index in [-0.39, 0.29) is 6.61 Å². The Labute approximate surface area is 107 Å². The lowest BCUT2D eigenvalue weighted by Crippen LogP contribution is -2.26. The fourth-order valence-corrected chi connectivity index (χ4v) is 1.13. The first-order valence-electron chi connectivity index (χ1n) is 5.58. The van der Waals surface area contributed by atoms with Crippen LogP contribution in [0.1, 0.15) is 19.4 Å². The summed E-state index contributed by atoms with van der Waals surface area (Å²) in [6.45, 7) is 6.98. The van der Waals surface area contributed by atoms with Crippen molar-refractivity contribution >= 4 is 6.16 Å². The average Bonchev–Trinajstić information content (AvgIpc) is 2.35. The third-order valence-electron chi connectivity index (χ3n) is 1.94. The van der Waals surface area contributed by atoms with Crippen molar-refractivity contribution < 1.29 is 14.3 Å². The summed E-state index contributed by atoms with van der Waals surface area (Å²) < 4.78 is 9.81. The highest BCUT2D eigenvalue weighted by Crippen LogP contribution is 2.09. The van der Waals surface area contributed by atoms with E-state index in [9.17, 15) is 4.79 Å². The Bertz CT molecular complexity index is 464. The van der Waals surface area contributed by atoms with Gasteiger partial charge in [0, 0.05) is 5.56 Å². The molecule has 18 heavy (non-hydrogen) atoms. The number of carbonyl (C=O) groups excluding carboxylic acids is 1. The predicted octanol–water partition coefficient (Wildman–Crippen LogP) is 3.16. The second kappa shape index (κ2) is 6.51. The maximum atomic E-state index is 11.3. The SMILES string of the molecule is C=CCOC(=O)OC(C)(C)C#Cc1ccccc1. The van der Waals surface area contributed by atoms with E-state index < -0.39 is 11.8 Å². The van der Waals surface area contributed by atoms with Crippen LogP contribution in [-0.4, -0.2) is 18.4 Å². The Hall–Kier alpha value is -2.21. The van der Waals surface area contributed by atoms with Crippen molar-refractivity contribution in [3.05, 3.63) is 48.6 Å². The van der Waals surface area contributed by atoms with Gasteiger partial charge >= 0.3 is 6.16 Å². The van der Waals surface area contributed by atoms with Crippen LogP contribution in [0.5, 0.6) is 0 Å². The standard InChI is InChI=1S/C15H16O3/c1-4-12-17-14(16)18-15(2,3)11-10-13-8-6-5-7-9-13/h4-9H,1,12H2,2-3H3. The molecule has 0 heterocycles. The minimum absolute atomic E-state index is 0.126. The smallest absolute Gasteiger partial charge is 0.430 e. The Morgan fingerprint density at radius 1 is 1.39 bits per heavy atom. The monoisotopic (exact) mass is 244 g/mol. The van der Waals surface area contributed by atoms with Crippen LogP contribution < -0.4 is 0 Å². The summed E-state index contributed by atoms with van der Waals surface area (Å²) in [5.74, 6) is 5.83.